The lowest BCUT2D eigenvalue weighted by atomic mass is 10.3. The third-order valence-electron chi connectivity index (χ3n) is 1.12. The fraction of sp³-hybridized carbons (Fsp3) is 0.125. The normalized spacial score (nSPS) is 9.31. The fourth-order valence-corrected chi connectivity index (χ4v) is 0.796. The van der Waals surface area contributed by atoms with Crippen molar-refractivity contribution in [3.05, 3.63) is 35.7 Å². The summed E-state index contributed by atoms with van der Waals surface area (Å²) in [5.41, 5.74) is 0. The molecule has 13 heavy (non-hydrogen) atoms. The van der Waals surface area contributed by atoms with Gasteiger partial charge in [0.05, 0.1) is 0 Å². The highest BCUT2D eigenvalue weighted by molar-refractivity contribution is 7.93. The van der Waals surface area contributed by atoms with E-state index in [2.05, 4.69) is 9.22 Å². The largest absolute Gasteiger partial charge is 0.733 e. The maximum Gasteiger partial charge on any atom is 0.205 e. The number of ether oxygens (including phenoxy) is 1. The first-order chi connectivity index (χ1) is 6.33. The summed E-state index contributed by atoms with van der Waals surface area (Å²) in [6.45, 7) is 0. The van der Waals surface area contributed by atoms with Crippen molar-refractivity contribution in [1.29, 1.82) is 0 Å². The third-order valence-corrected chi connectivity index (χ3v) is 1.33. The van der Waals surface area contributed by atoms with Crippen LogP contribution in [0.4, 0.5) is 0 Å². The maximum absolute atomic E-state index is 8.97. The zero-order valence-corrected chi connectivity index (χ0v) is 7.78. The molecule has 70 valence electrons. The standard InChI is InChI=1S/C8H8NO3S/c1-13-12-11-8(9)10-7-5-3-2-4-6-7/h2-6H,1H3/q-1. The summed E-state index contributed by atoms with van der Waals surface area (Å²) < 4.78 is 9.20. The van der Waals surface area contributed by atoms with Crippen LogP contribution in [0.5, 0.6) is 5.75 Å². The van der Waals surface area contributed by atoms with Crippen LogP contribution in [-0.4, -0.2) is 12.3 Å². The Labute approximate surface area is 80.4 Å². The van der Waals surface area contributed by atoms with E-state index in [0.29, 0.717) is 5.75 Å². The second-order valence-electron chi connectivity index (χ2n) is 2.00. The molecule has 0 amide bonds. The molecule has 1 rings (SSSR count). The van der Waals surface area contributed by atoms with Crippen molar-refractivity contribution in [3.63, 3.8) is 0 Å². The van der Waals surface area contributed by atoms with Gasteiger partial charge in [-0.1, -0.05) is 18.2 Å². The van der Waals surface area contributed by atoms with Crippen molar-refractivity contribution in [2.75, 3.05) is 6.26 Å². The molecule has 1 aromatic carbocycles. The van der Waals surface area contributed by atoms with Crippen LogP contribution in [0, 0.1) is 0 Å². The molecule has 0 aliphatic rings. The second-order valence-corrected chi connectivity index (χ2v) is 2.47. The molecule has 0 aliphatic heterocycles. The molecule has 4 nitrogen and oxygen atoms in total. The van der Waals surface area contributed by atoms with Gasteiger partial charge in [0, 0.05) is 18.3 Å². The third kappa shape index (κ3) is 3.82. The van der Waals surface area contributed by atoms with Gasteiger partial charge in [0.25, 0.3) is 0 Å². The number of para-hydroxylation sites is 1. The van der Waals surface area contributed by atoms with E-state index in [9.17, 15) is 0 Å². The molecule has 0 bridgehead atoms. The average molecular weight is 198 g/mol. The van der Waals surface area contributed by atoms with Crippen LogP contribution in [0.1, 0.15) is 0 Å². The van der Waals surface area contributed by atoms with E-state index in [-0.39, 0.29) is 0 Å². The molecule has 5 heteroatoms. The van der Waals surface area contributed by atoms with Gasteiger partial charge in [0.1, 0.15) is 5.75 Å². The van der Waals surface area contributed by atoms with Gasteiger partial charge in [-0.05, 0) is 12.1 Å². The van der Waals surface area contributed by atoms with Crippen LogP contribution in [0.3, 0.4) is 0 Å². The van der Waals surface area contributed by atoms with Gasteiger partial charge in [-0.2, -0.15) is 0 Å². The first-order valence-corrected chi connectivity index (χ1v) is 4.64. The van der Waals surface area contributed by atoms with Crippen molar-refractivity contribution < 1.29 is 14.0 Å². The summed E-state index contributed by atoms with van der Waals surface area (Å²) in [5.74, 6) is 0.477. The predicted molar refractivity (Wildman–Crippen MR) is 51.1 cm³/mol. The smallest absolute Gasteiger partial charge is 0.205 e. The monoisotopic (exact) mass is 198 g/mol. The molecule has 0 N–H and O–H groups in total. The summed E-state index contributed by atoms with van der Waals surface area (Å²) in [6, 6.07) is 8.75. The van der Waals surface area contributed by atoms with Crippen molar-refractivity contribution in [3.8, 4) is 5.75 Å². The Morgan fingerprint density at radius 2 is 2.00 bits per heavy atom. The summed E-state index contributed by atoms with van der Waals surface area (Å²) >= 11 is 0.957. The molecule has 0 fully saturated rings. The molecule has 0 aliphatic carbocycles. The highest BCUT2D eigenvalue weighted by Crippen LogP contribution is 2.09. The quantitative estimate of drug-likeness (QED) is 0.246. The van der Waals surface area contributed by atoms with Gasteiger partial charge in [-0.15, -0.1) is 4.33 Å². The lowest BCUT2D eigenvalue weighted by Crippen LogP contribution is -2.09. The SMILES string of the molecule is CSOOC(=[N-])Oc1ccccc1. The molecule has 0 saturated heterocycles. The van der Waals surface area contributed by atoms with Gasteiger partial charge in [-0.25, -0.2) is 0 Å². The zero-order valence-electron chi connectivity index (χ0n) is 6.97. The van der Waals surface area contributed by atoms with E-state index < -0.39 is 6.08 Å². The van der Waals surface area contributed by atoms with E-state index in [1.54, 1.807) is 30.5 Å². The zero-order chi connectivity index (χ0) is 9.52. The molecule has 0 saturated carbocycles. The Kier molecular flexibility index (Phi) is 4.14. The minimum atomic E-state index is -0.638. The van der Waals surface area contributed by atoms with Gasteiger partial charge < -0.3 is 15.0 Å². The Hall–Kier alpha value is -1.20. The predicted octanol–water partition coefficient (Wildman–Crippen LogP) is 2.22. The Balaban J connectivity index is 2.37. The summed E-state index contributed by atoms with van der Waals surface area (Å²) in [6.07, 6.45) is 1.01. The van der Waals surface area contributed by atoms with Gasteiger partial charge in [-0.3, -0.25) is 0 Å². The molecule has 0 aromatic heterocycles. The van der Waals surface area contributed by atoms with E-state index >= 15 is 0 Å². The molecule has 0 radical (unpaired) electrons. The first-order valence-electron chi connectivity index (χ1n) is 3.49. The van der Waals surface area contributed by atoms with Crippen LogP contribution in [0.2, 0.25) is 0 Å². The van der Waals surface area contributed by atoms with Gasteiger partial charge in [0.2, 0.25) is 6.08 Å². The van der Waals surface area contributed by atoms with Crippen LogP contribution in [0.25, 0.3) is 5.41 Å². The van der Waals surface area contributed by atoms with E-state index in [1.165, 1.54) is 0 Å². The minimum absolute atomic E-state index is 0.477. The number of nitrogens with zero attached hydrogens (tertiary/aromatic N) is 1. The lowest BCUT2D eigenvalue weighted by Gasteiger charge is -2.11. The van der Waals surface area contributed by atoms with Crippen LogP contribution in [0.15, 0.2) is 30.3 Å². The molecular formula is C8H8NO3S-. The second kappa shape index (κ2) is 5.45. The van der Waals surface area contributed by atoms with E-state index in [0.717, 1.165) is 12.0 Å². The van der Waals surface area contributed by atoms with Crippen molar-refractivity contribution >= 4 is 18.1 Å². The molecule has 0 spiro atoms. The van der Waals surface area contributed by atoms with E-state index in [4.69, 9.17) is 10.1 Å². The fourth-order valence-electron chi connectivity index (χ4n) is 0.669. The Bertz CT molecular complexity index is 265. The minimum Gasteiger partial charge on any atom is -0.733 e. The van der Waals surface area contributed by atoms with Crippen LogP contribution >= 0.6 is 12.0 Å². The van der Waals surface area contributed by atoms with Gasteiger partial charge >= 0.3 is 0 Å². The topological polar surface area (TPSA) is 50.0 Å². The number of rotatable bonds is 3. The van der Waals surface area contributed by atoms with Crippen molar-refractivity contribution in [2.24, 2.45) is 0 Å². The summed E-state index contributed by atoms with van der Waals surface area (Å²) in [4.78, 5) is 4.31. The number of hydrogen-bond acceptors (Lipinski definition) is 4. The number of hydrogen-bond donors (Lipinski definition) is 0. The molecule has 0 unspecified atom stereocenters. The van der Waals surface area contributed by atoms with E-state index in [1.807, 2.05) is 6.07 Å². The van der Waals surface area contributed by atoms with Gasteiger partial charge in [0.15, 0.2) is 0 Å². The van der Waals surface area contributed by atoms with Crippen LogP contribution < -0.4 is 4.74 Å². The number of benzene rings is 1. The van der Waals surface area contributed by atoms with Crippen molar-refractivity contribution in [1.82, 2.24) is 0 Å². The Morgan fingerprint density at radius 1 is 1.31 bits per heavy atom. The summed E-state index contributed by atoms with van der Waals surface area (Å²) in [5, 5.41) is 8.97. The summed E-state index contributed by atoms with van der Waals surface area (Å²) in [7, 11) is 0. The van der Waals surface area contributed by atoms with Crippen LogP contribution in [-0.2, 0) is 9.22 Å². The molecule has 0 atom stereocenters. The molecule has 1 aromatic rings. The maximum atomic E-state index is 8.97. The first kappa shape index (κ1) is 9.88. The highest BCUT2D eigenvalue weighted by Gasteiger charge is 1.93. The molecule has 0 heterocycles. The Morgan fingerprint density at radius 3 is 2.62 bits per heavy atom. The molecular weight excluding hydrogens is 190 g/mol. The average Bonchev–Trinajstić information content (AvgIpc) is 2.16. The lowest BCUT2D eigenvalue weighted by molar-refractivity contribution is -0.110. The highest BCUT2D eigenvalue weighted by atomic mass is 32.2. The van der Waals surface area contributed by atoms with Crippen molar-refractivity contribution in [2.45, 2.75) is 0 Å².